The number of fused-ring (bicyclic) bond motifs is 5. The first-order valence-electron chi connectivity index (χ1n) is 9.42. The number of rotatable bonds is 1. The van der Waals surface area contributed by atoms with E-state index in [1.165, 1.54) is 57.8 Å². The molecule has 4 fully saturated rings. The van der Waals surface area contributed by atoms with E-state index in [0.29, 0.717) is 5.41 Å². The smallest absolute Gasteiger partial charge is 0.0975 e. The Morgan fingerprint density at radius 3 is 2.43 bits per heavy atom. The molecule has 0 aromatic heterocycles. The van der Waals surface area contributed by atoms with Crippen molar-refractivity contribution < 1.29 is 0 Å². The van der Waals surface area contributed by atoms with E-state index in [9.17, 15) is 4.91 Å². The summed E-state index contributed by atoms with van der Waals surface area (Å²) >= 11 is 0. The molecule has 4 saturated carbocycles. The SMILES string of the molecule is C[C@]12CCCCC1CC[C@@H]1[C@@H]2CC[C@]2(C)C(N=O)CC[C@@H]12. The van der Waals surface area contributed by atoms with Gasteiger partial charge in [-0.3, -0.25) is 0 Å². The summed E-state index contributed by atoms with van der Waals surface area (Å²) < 4.78 is 0. The summed E-state index contributed by atoms with van der Waals surface area (Å²) in [6.07, 6.45) is 13.8. The molecule has 7 atom stereocenters. The third-order valence-corrected chi connectivity index (χ3v) is 8.66. The first-order chi connectivity index (χ1) is 10.1. The van der Waals surface area contributed by atoms with Crippen molar-refractivity contribution in [2.24, 2.45) is 39.7 Å². The molecule has 0 bridgehead atoms. The lowest BCUT2D eigenvalue weighted by Crippen LogP contribution is -2.53. The van der Waals surface area contributed by atoms with Crippen LogP contribution in [0.1, 0.15) is 78.1 Å². The molecule has 0 amide bonds. The molecule has 2 heteroatoms. The predicted molar refractivity (Wildman–Crippen MR) is 85.9 cm³/mol. The van der Waals surface area contributed by atoms with Gasteiger partial charge >= 0.3 is 0 Å². The summed E-state index contributed by atoms with van der Waals surface area (Å²) in [5.41, 5.74) is 0.857. The summed E-state index contributed by atoms with van der Waals surface area (Å²) in [5.74, 6) is 3.63. The summed E-state index contributed by atoms with van der Waals surface area (Å²) in [6.45, 7) is 5.02. The first-order valence-corrected chi connectivity index (χ1v) is 9.42. The van der Waals surface area contributed by atoms with Gasteiger partial charge in [0.25, 0.3) is 0 Å². The fraction of sp³-hybridized carbons (Fsp3) is 1.00. The quantitative estimate of drug-likeness (QED) is 0.581. The predicted octanol–water partition coefficient (Wildman–Crippen LogP) is 5.55. The van der Waals surface area contributed by atoms with Crippen LogP contribution in [-0.4, -0.2) is 6.04 Å². The molecule has 0 radical (unpaired) electrons. The molecule has 0 saturated heterocycles. The second-order valence-electron chi connectivity index (χ2n) is 9.15. The monoisotopic (exact) mass is 289 g/mol. The van der Waals surface area contributed by atoms with E-state index in [-0.39, 0.29) is 11.5 Å². The molecule has 4 aliphatic rings. The zero-order chi connectivity index (χ0) is 14.7. The van der Waals surface area contributed by atoms with Gasteiger partial charge in [0, 0.05) is 0 Å². The summed E-state index contributed by atoms with van der Waals surface area (Å²) in [4.78, 5) is 11.3. The fourth-order valence-corrected chi connectivity index (χ4v) is 7.44. The average Bonchev–Trinajstić information content (AvgIpc) is 2.83. The number of nitrogens with zero attached hydrogens (tertiary/aromatic N) is 1. The molecule has 0 N–H and O–H groups in total. The van der Waals surface area contributed by atoms with Crippen molar-refractivity contribution in [1.82, 2.24) is 0 Å². The van der Waals surface area contributed by atoms with Crippen LogP contribution in [0, 0.1) is 39.4 Å². The minimum Gasteiger partial charge on any atom is -0.150 e. The van der Waals surface area contributed by atoms with Gasteiger partial charge in [0.05, 0.1) is 6.04 Å². The Morgan fingerprint density at radius 2 is 1.62 bits per heavy atom. The third-order valence-electron chi connectivity index (χ3n) is 8.66. The van der Waals surface area contributed by atoms with Gasteiger partial charge in [0.2, 0.25) is 0 Å². The average molecular weight is 289 g/mol. The Bertz CT molecular complexity index is 435. The fourth-order valence-electron chi connectivity index (χ4n) is 7.44. The van der Waals surface area contributed by atoms with E-state index in [4.69, 9.17) is 0 Å². The largest absolute Gasteiger partial charge is 0.150 e. The van der Waals surface area contributed by atoms with E-state index < -0.39 is 0 Å². The third kappa shape index (κ3) is 1.83. The van der Waals surface area contributed by atoms with Crippen LogP contribution in [0.4, 0.5) is 0 Å². The Kier molecular flexibility index (Phi) is 3.25. The van der Waals surface area contributed by atoms with Crippen molar-refractivity contribution in [3.63, 3.8) is 0 Å². The van der Waals surface area contributed by atoms with Crippen molar-refractivity contribution in [2.45, 2.75) is 84.1 Å². The van der Waals surface area contributed by atoms with Gasteiger partial charge in [-0.15, -0.1) is 0 Å². The van der Waals surface area contributed by atoms with Gasteiger partial charge in [-0.25, -0.2) is 0 Å². The maximum Gasteiger partial charge on any atom is 0.0975 e. The molecular weight excluding hydrogens is 258 g/mol. The van der Waals surface area contributed by atoms with Gasteiger partial charge in [-0.05, 0) is 85.9 Å². The molecule has 0 aromatic rings. The second-order valence-corrected chi connectivity index (χ2v) is 9.15. The van der Waals surface area contributed by atoms with Gasteiger partial charge in [0.15, 0.2) is 0 Å². The maximum absolute atomic E-state index is 11.3. The number of hydrogen-bond acceptors (Lipinski definition) is 2. The molecule has 21 heavy (non-hydrogen) atoms. The van der Waals surface area contributed by atoms with Gasteiger partial charge < -0.3 is 0 Å². The summed E-state index contributed by atoms with van der Waals surface area (Å²) in [5, 5.41) is 3.53. The van der Waals surface area contributed by atoms with Crippen LogP contribution in [0.2, 0.25) is 0 Å². The highest BCUT2D eigenvalue weighted by atomic mass is 16.3. The molecule has 2 unspecified atom stereocenters. The normalized spacial score (nSPS) is 56.2. The molecule has 118 valence electrons. The molecule has 4 aliphatic carbocycles. The highest BCUT2D eigenvalue weighted by molar-refractivity contribution is 5.10. The van der Waals surface area contributed by atoms with Crippen LogP contribution < -0.4 is 0 Å². The maximum atomic E-state index is 11.3. The highest BCUT2D eigenvalue weighted by Crippen LogP contribution is 2.66. The van der Waals surface area contributed by atoms with E-state index in [0.717, 1.165) is 30.1 Å². The van der Waals surface area contributed by atoms with E-state index in [1.54, 1.807) is 0 Å². The second kappa shape index (κ2) is 4.80. The molecule has 2 nitrogen and oxygen atoms in total. The standard InChI is InChI=1S/C19H31NO/c1-18-11-4-3-5-13(18)6-7-14-15-8-9-17(20-21)19(15,2)12-10-16(14)18/h13-17H,3-12H2,1-2H3/t13?,14-,15-,16-,17?,18-,19-/m0/s1. The minimum atomic E-state index is 0.111. The Balaban J connectivity index is 1.64. The molecule has 0 spiro atoms. The van der Waals surface area contributed by atoms with Gasteiger partial charge in [-0.1, -0.05) is 31.9 Å². The Hall–Kier alpha value is -0.400. The van der Waals surface area contributed by atoms with Crippen molar-refractivity contribution in [1.29, 1.82) is 0 Å². The lowest BCUT2D eigenvalue weighted by molar-refractivity contribution is -0.105. The van der Waals surface area contributed by atoms with Crippen molar-refractivity contribution in [3.8, 4) is 0 Å². The number of hydrogen-bond donors (Lipinski definition) is 0. The van der Waals surface area contributed by atoms with Crippen molar-refractivity contribution in [3.05, 3.63) is 4.91 Å². The van der Waals surface area contributed by atoms with Gasteiger partial charge in [-0.2, -0.15) is 4.91 Å². The zero-order valence-electron chi connectivity index (χ0n) is 13.8. The van der Waals surface area contributed by atoms with Crippen molar-refractivity contribution >= 4 is 0 Å². The lowest BCUT2D eigenvalue weighted by Gasteiger charge is -2.60. The van der Waals surface area contributed by atoms with E-state index >= 15 is 0 Å². The minimum absolute atomic E-state index is 0.111. The topological polar surface area (TPSA) is 29.4 Å². The molecule has 0 heterocycles. The van der Waals surface area contributed by atoms with Gasteiger partial charge in [0.1, 0.15) is 0 Å². The Labute approximate surface area is 129 Å². The first kappa shape index (κ1) is 14.2. The van der Waals surface area contributed by atoms with E-state index in [2.05, 4.69) is 19.0 Å². The van der Waals surface area contributed by atoms with E-state index in [1.807, 2.05) is 0 Å². The lowest BCUT2D eigenvalue weighted by atomic mass is 9.45. The van der Waals surface area contributed by atoms with Crippen LogP contribution >= 0.6 is 0 Å². The Morgan fingerprint density at radius 1 is 0.810 bits per heavy atom. The highest BCUT2D eigenvalue weighted by Gasteiger charge is 2.60. The summed E-state index contributed by atoms with van der Waals surface area (Å²) in [6, 6.07) is 0.111. The number of nitroso groups, excluding NO2 is 1. The van der Waals surface area contributed by atoms with Crippen molar-refractivity contribution in [2.75, 3.05) is 0 Å². The molecular formula is C19H31NO. The molecule has 0 aromatic carbocycles. The van der Waals surface area contributed by atoms with Crippen LogP contribution in [0.25, 0.3) is 0 Å². The molecule has 4 rings (SSSR count). The zero-order valence-corrected chi connectivity index (χ0v) is 13.8. The summed E-state index contributed by atoms with van der Waals surface area (Å²) in [7, 11) is 0. The van der Waals surface area contributed by atoms with Crippen LogP contribution in [0.3, 0.4) is 0 Å². The molecule has 0 aliphatic heterocycles. The van der Waals surface area contributed by atoms with Crippen LogP contribution in [-0.2, 0) is 0 Å². The van der Waals surface area contributed by atoms with Crippen LogP contribution in [0.5, 0.6) is 0 Å². The van der Waals surface area contributed by atoms with Crippen LogP contribution in [0.15, 0.2) is 5.18 Å².